The van der Waals surface area contributed by atoms with E-state index in [2.05, 4.69) is 31.2 Å². The summed E-state index contributed by atoms with van der Waals surface area (Å²) in [5, 5.41) is 4.46. The minimum Gasteiger partial charge on any atom is -0.367 e. The number of nitrogens with one attached hydrogen (secondary N) is 1. The van der Waals surface area contributed by atoms with Gasteiger partial charge in [-0.25, -0.2) is 9.97 Å². The number of aromatic nitrogens is 2. The van der Waals surface area contributed by atoms with Gasteiger partial charge in [-0.2, -0.15) is 0 Å². The molecule has 1 aliphatic rings. The zero-order valence-corrected chi connectivity index (χ0v) is 12.0. The Morgan fingerprint density at radius 1 is 1.21 bits per heavy atom. The average molecular weight is 320 g/mol. The van der Waals surface area contributed by atoms with Crippen LogP contribution < -0.4 is 5.32 Å². The van der Waals surface area contributed by atoms with Crippen molar-refractivity contribution in [3.63, 3.8) is 0 Å². The van der Waals surface area contributed by atoms with Gasteiger partial charge in [-0.3, -0.25) is 4.79 Å². The second kappa shape index (κ2) is 5.25. The number of anilines is 1. The third kappa shape index (κ3) is 2.76. The SMILES string of the molecule is O=C1CCC(Nc2ncnc3ccc(Br)cc23)CC1. The number of nitrogens with zero attached hydrogens (tertiary/aromatic N) is 2. The van der Waals surface area contributed by atoms with E-state index in [1.807, 2.05) is 18.2 Å². The monoisotopic (exact) mass is 319 g/mol. The molecule has 1 N–H and O–H groups in total. The molecular weight excluding hydrogens is 306 g/mol. The van der Waals surface area contributed by atoms with E-state index in [1.165, 1.54) is 0 Å². The van der Waals surface area contributed by atoms with Crippen molar-refractivity contribution >= 4 is 38.4 Å². The number of carbonyl (C=O) groups excluding carboxylic acids is 1. The molecule has 1 saturated carbocycles. The molecule has 0 saturated heterocycles. The first-order valence-electron chi connectivity index (χ1n) is 6.41. The number of fused-ring (bicyclic) bond motifs is 1. The Balaban J connectivity index is 1.88. The molecule has 0 bridgehead atoms. The molecule has 0 aliphatic heterocycles. The molecule has 0 unspecified atom stereocenters. The summed E-state index contributed by atoms with van der Waals surface area (Å²) in [6, 6.07) is 6.29. The highest BCUT2D eigenvalue weighted by molar-refractivity contribution is 9.10. The van der Waals surface area contributed by atoms with Crippen LogP contribution in [0.2, 0.25) is 0 Å². The summed E-state index contributed by atoms with van der Waals surface area (Å²) >= 11 is 3.47. The smallest absolute Gasteiger partial charge is 0.137 e. The molecule has 3 rings (SSSR count). The number of benzene rings is 1. The minimum atomic E-state index is 0.329. The molecule has 0 spiro atoms. The van der Waals surface area contributed by atoms with Gasteiger partial charge in [0.15, 0.2) is 0 Å². The molecule has 19 heavy (non-hydrogen) atoms. The van der Waals surface area contributed by atoms with Crippen molar-refractivity contribution in [2.45, 2.75) is 31.7 Å². The summed E-state index contributed by atoms with van der Waals surface area (Å²) in [7, 11) is 0. The third-order valence-electron chi connectivity index (χ3n) is 3.48. The van der Waals surface area contributed by atoms with Crippen LogP contribution in [0.5, 0.6) is 0 Å². The first kappa shape index (κ1) is 12.5. The Morgan fingerprint density at radius 2 is 2.00 bits per heavy atom. The van der Waals surface area contributed by atoms with Crippen molar-refractivity contribution in [2.75, 3.05) is 5.32 Å². The second-order valence-electron chi connectivity index (χ2n) is 4.84. The van der Waals surface area contributed by atoms with E-state index in [1.54, 1.807) is 6.33 Å². The fraction of sp³-hybridized carbons (Fsp3) is 0.357. The van der Waals surface area contributed by atoms with E-state index in [4.69, 9.17) is 0 Å². The third-order valence-corrected chi connectivity index (χ3v) is 3.97. The summed E-state index contributed by atoms with van der Waals surface area (Å²) < 4.78 is 1.01. The zero-order valence-electron chi connectivity index (χ0n) is 10.4. The van der Waals surface area contributed by atoms with Gasteiger partial charge in [0.1, 0.15) is 17.9 Å². The average Bonchev–Trinajstić information content (AvgIpc) is 2.42. The zero-order chi connectivity index (χ0) is 13.2. The van der Waals surface area contributed by atoms with Crippen LogP contribution in [0.25, 0.3) is 10.9 Å². The fourth-order valence-corrected chi connectivity index (χ4v) is 2.78. The number of Topliss-reactive ketones (excluding diaryl/α,β-unsaturated/α-hetero) is 1. The molecule has 98 valence electrons. The van der Waals surface area contributed by atoms with Crippen LogP contribution in [0.4, 0.5) is 5.82 Å². The maximum absolute atomic E-state index is 11.3. The fourth-order valence-electron chi connectivity index (χ4n) is 2.42. The molecule has 2 aromatic rings. The van der Waals surface area contributed by atoms with Gasteiger partial charge in [0.2, 0.25) is 0 Å². The molecule has 1 aliphatic carbocycles. The Kier molecular flexibility index (Phi) is 3.46. The normalized spacial score (nSPS) is 16.8. The lowest BCUT2D eigenvalue weighted by Gasteiger charge is -2.23. The second-order valence-corrected chi connectivity index (χ2v) is 5.76. The van der Waals surface area contributed by atoms with Gasteiger partial charge >= 0.3 is 0 Å². The highest BCUT2D eigenvalue weighted by Crippen LogP contribution is 2.26. The van der Waals surface area contributed by atoms with Gasteiger partial charge in [-0.1, -0.05) is 15.9 Å². The molecular formula is C14H14BrN3O. The van der Waals surface area contributed by atoms with Gasteiger partial charge in [-0.15, -0.1) is 0 Å². The number of hydrogen-bond donors (Lipinski definition) is 1. The van der Waals surface area contributed by atoms with Crippen molar-refractivity contribution in [3.05, 3.63) is 29.0 Å². The lowest BCUT2D eigenvalue weighted by molar-refractivity contribution is -0.120. The van der Waals surface area contributed by atoms with Crippen molar-refractivity contribution in [3.8, 4) is 0 Å². The largest absolute Gasteiger partial charge is 0.367 e. The first-order valence-corrected chi connectivity index (χ1v) is 7.20. The molecule has 1 fully saturated rings. The predicted octanol–water partition coefficient (Wildman–Crippen LogP) is 3.32. The molecule has 0 atom stereocenters. The quantitative estimate of drug-likeness (QED) is 0.922. The van der Waals surface area contributed by atoms with Gasteiger partial charge in [0.25, 0.3) is 0 Å². The first-order chi connectivity index (χ1) is 9.22. The topological polar surface area (TPSA) is 54.9 Å². The highest BCUT2D eigenvalue weighted by atomic mass is 79.9. The lowest BCUT2D eigenvalue weighted by Crippen LogP contribution is -2.26. The maximum atomic E-state index is 11.3. The van der Waals surface area contributed by atoms with E-state index >= 15 is 0 Å². The molecule has 1 aromatic carbocycles. The molecule has 0 radical (unpaired) electrons. The molecule has 1 heterocycles. The van der Waals surface area contributed by atoms with Crippen molar-refractivity contribution in [2.24, 2.45) is 0 Å². The van der Waals surface area contributed by atoms with Gasteiger partial charge in [0, 0.05) is 28.7 Å². The number of rotatable bonds is 2. The minimum absolute atomic E-state index is 0.329. The van der Waals surface area contributed by atoms with Crippen LogP contribution in [-0.2, 0) is 4.79 Å². The summed E-state index contributed by atoms with van der Waals surface area (Å²) in [5.74, 6) is 1.22. The predicted molar refractivity (Wildman–Crippen MR) is 78.1 cm³/mol. The Bertz CT molecular complexity index is 619. The maximum Gasteiger partial charge on any atom is 0.137 e. The van der Waals surface area contributed by atoms with Crippen LogP contribution in [-0.4, -0.2) is 21.8 Å². The van der Waals surface area contributed by atoms with Crippen LogP contribution in [0.1, 0.15) is 25.7 Å². The standard InChI is InChI=1S/C14H14BrN3O/c15-9-1-6-13-12(7-9)14(17-8-16-13)18-10-2-4-11(19)5-3-10/h1,6-8,10H,2-5H2,(H,16,17,18). The summed E-state index contributed by atoms with van der Waals surface area (Å²) in [4.78, 5) is 19.9. The highest BCUT2D eigenvalue weighted by Gasteiger charge is 2.19. The van der Waals surface area contributed by atoms with Gasteiger partial charge in [-0.05, 0) is 31.0 Å². The van der Waals surface area contributed by atoms with Crippen molar-refractivity contribution in [1.82, 2.24) is 9.97 Å². The van der Waals surface area contributed by atoms with E-state index in [0.29, 0.717) is 24.7 Å². The number of hydrogen-bond acceptors (Lipinski definition) is 4. The van der Waals surface area contributed by atoms with Crippen LogP contribution >= 0.6 is 15.9 Å². The van der Waals surface area contributed by atoms with Gasteiger partial charge in [0.05, 0.1) is 5.52 Å². The number of ketones is 1. The molecule has 1 aromatic heterocycles. The summed E-state index contributed by atoms with van der Waals surface area (Å²) in [5.41, 5.74) is 0.924. The lowest BCUT2D eigenvalue weighted by atomic mass is 9.94. The van der Waals surface area contributed by atoms with Crippen molar-refractivity contribution < 1.29 is 4.79 Å². The molecule has 0 amide bonds. The van der Waals surface area contributed by atoms with Crippen molar-refractivity contribution in [1.29, 1.82) is 0 Å². The Labute approximate surface area is 119 Å². The van der Waals surface area contributed by atoms with Crippen LogP contribution in [0, 0.1) is 0 Å². The van der Waals surface area contributed by atoms with Crippen LogP contribution in [0.15, 0.2) is 29.0 Å². The van der Waals surface area contributed by atoms with E-state index < -0.39 is 0 Å². The Hall–Kier alpha value is -1.49. The Morgan fingerprint density at radius 3 is 2.79 bits per heavy atom. The number of halogens is 1. The van der Waals surface area contributed by atoms with Crippen LogP contribution in [0.3, 0.4) is 0 Å². The molecule has 5 heteroatoms. The number of carbonyl (C=O) groups is 1. The van der Waals surface area contributed by atoms with Gasteiger partial charge < -0.3 is 5.32 Å². The molecule has 4 nitrogen and oxygen atoms in total. The van der Waals surface area contributed by atoms with E-state index in [-0.39, 0.29) is 0 Å². The van der Waals surface area contributed by atoms with E-state index in [0.717, 1.165) is 34.0 Å². The van der Waals surface area contributed by atoms with E-state index in [9.17, 15) is 4.79 Å². The summed E-state index contributed by atoms with van der Waals surface area (Å²) in [6.45, 7) is 0. The summed E-state index contributed by atoms with van der Waals surface area (Å²) in [6.07, 6.45) is 4.69.